The molecule has 2 aromatic rings. The van der Waals surface area contributed by atoms with E-state index in [-0.39, 0.29) is 28.8 Å². The lowest BCUT2D eigenvalue weighted by molar-refractivity contribution is -0.146. The molecule has 2 unspecified atom stereocenters. The van der Waals surface area contributed by atoms with Crippen LogP contribution in [0, 0.1) is 11.3 Å². The molecule has 2 N–H and O–H groups in total. The van der Waals surface area contributed by atoms with Crippen LogP contribution in [-0.4, -0.2) is 74.4 Å². The third kappa shape index (κ3) is 3.41. The Hall–Kier alpha value is -4.28. The van der Waals surface area contributed by atoms with E-state index in [2.05, 4.69) is 10.3 Å². The largest absolute Gasteiger partial charge is 0.493 e. The number of aldehydes is 1. The van der Waals surface area contributed by atoms with Crippen molar-refractivity contribution in [1.29, 1.82) is 0 Å². The van der Waals surface area contributed by atoms with Crippen molar-refractivity contribution in [3.05, 3.63) is 40.9 Å². The molecule has 3 aliphatic rings. The number of benzene rings is 1. The quantitative estimate of drug-likeness (QED) is 0.394. The van der Waals surface area contributed by atoms with Gasteiger partial charge in [-0.1, -0.05) is 0 Å². The Labute approximate surface area is 218 Å². The normalized spacial score (nSPS) is 21.9. The third-order valence-electron chi connectivity index (χ3n) is 7.67. The van der Waals surface area contributed by atoms with Crippen LogP contribution in [0.2, 0.25) is 0 Å². The zero-order valence-corrected chi connectivity index (χ0v) is 22.0. The molecule has 5 rings (SSSR count). The number of carbonyl (C=O) groups excluding carboxylic acids is 4. The molecule has 1 aliphatic heterocycles. The van der Waals surface area contributed by atoms with Crippen molar-refractivity contribution in [2.45, 2.75) is 25.8 Å². The number of nitrogens with one attached hydrogen (secondary N) is 2. The van der Waals surface area contributed by atoms with Crippen LogP contribution in [-0.2, 0) is 19.1 Å². The van der Waals surface area contributed by atoms with Gasteiger partial charge in [-0.25, -0.2) is 4.79 Å². The minimum atomic E-state index is -1.24. The topological polar surface area (TPSA) is 136 Å². The van der Waals surface area contributed by atoms with Crippen molar-refractivity contribution in [3.63, 3.8) is 0 Å². The predicted octanol–water partition coefficient (Wildman–Crippen LogP) is 2.12. The number of esters is 1. The highest BCUT2D eigenvalue weighted by Gasteiger charge is 2.68. The van der Waals surface area contributed by atoms with Crippen molar-refractivity contribution in [3.8, 4) is 17.2 Å². The number of H-pyrrole nitrogens is 1. The molecule has 200 valence electrons. The van der Waals surface area contributed by atoms with E-state index < -0.39 is 22.7 Å². The molecule has 0 radical (unpaired) electrons. The molecular weight excluding hydrogens is 494 g/mol. The van der Waals surface area contributed by atoms with Gasteiger partial charge in [0.2, 0.25) is 11.5 Å². The summed E-state index contributed by atoms with van der Waals surface area (Å²) in [7, 11) is 5.76. The van der Waals surface area contributed by atoms with Crippen LogP contribution in [0.15, 0.2) is 35.2 Å². The number of aromatic amines is 1. The maximum Gasteiger partial charge on any atom is 0.330 e. The fourth-order valence-electron chi connectivity index (χ4n) is 5.76. The lowest BCUT2D eigenvalue weighted by Crippen LogP contribution is -2.49. The van der Waals surface area contributed by atoms with Crippen molar-refractivity contribution in [2.24, 2.45) is 11.3 Å². The summed E-state index contributed by atoms with van der Waals surface area (Å²) >= 11 is 0. The van der Waals surface area contributed by atoms with Gasteiger partial charge >= 0.3 is 5.97 Å². The number of aromatic nitrogens is 1. The van der Waals surface area contributed by atoms with Gasteiger partial charge in [0.05, 0.1) is 39.7 Å². The summed E-state index contributed by atoms with van der Waals surface area (Å²) in [5.74, 6) is -0.194. The molecule has 11 heteroatoms. The fraction of sp³-hybridized carbons (Fsp3) is 0.407. The summed E-state index contributed by atoms with van der Waals surface area (Å²) in [5, 5.41) is 3.60. The van der Waals surface area contributed by atoms with Gasteiger partial charge in [-0.05, 0) is 38.3 Å². The van der Waals surface area contributed by atoms with E-state index in [1.165, 1.54) is 34.5 Å². The first kappa shape index (κ1) is 25.4. The van der Waals surface area contributed by atoms with E-state index in [1.54, 1.807) is 30.9 Å². The number of hydrogen-bond donors (Lipinski definition) is 2. The SMILES string of the molecule is COC(=O)C(C)(C)NC1=C(C=O)C23CC2CN(C(=O)c2cc4cc(OC)c(OC)c(OC)c4[nH]2)C3=CC1=O. The van der Waals surface area contributed by atoms with Crippen LogP contribution in [0.1, 0.15) is 30.8 Å². The van der Waals surface area contributed by atoms with E-state index >= 15 is 0 Å². The molecule has 1 saturated carbocycles. The van der Waals surface area contributed by atoms with Crippen LogP contribution < -0.4 is 19.5 Å². The first-order valence-electron chi connectivity index (χ1n) is 12.0. The summed E-state index contributed by atoms with van der Waals surface area (Å²) in [6.07, 6.45) is 2.67. The number of fused-ring (bicyclic) bond motifs is 1. The highest BCUT2D eigenvalue weighted by atomic mass is 16.5. The summed E-state index contributed by atoms with van der Waals surface area (Å²) in [5.41, 5.74) is -0.342. The first-order valence-corrected chi connectivity index (χ1v) is 12.0. The number of allylic oxidation sites excluding steroid dienone is 2. The Morgan fingerprint density at radius 3 is 2.45 bits per heavy atom. The van der Waals surface area contributed by atoms with E-state index in [4.69, 9.17) is 18.9 Å². The summed E-state index contributed by atoms with van der Waals surface area (Å²) in [6.45, 7) is 3.49. The van der Waals surface area contributed by atoms with E-state index in [1.807, 2.05) is 0 Å². The highest BCUT2D eigenvalue weighted by molar-refractivity contribution is 6.12. The smallest absolute Gasteiger partial charge is 0.330 e. The minimum Gasteiger partial charge on any atom is -0.493 e. The molecule has 1 spiro atoms. The molecule has 1 amide bonds. The maximum atomic E-state index is 13.7. The summed E-state index contributed by atoms with van der Waals surface area (Å²) in [6, 6.07) is 3.43. The molecule has 2 atom stereocenters. The summed E-state index contributed by atoms with van der Waals surface area (Å²) < 4.78 is 21.2. The third-order valence-corrected chi connectivity index (χ3v) is 7.67. The van der Waals surface area contributed by atoms with Gasteiger partial charge in [0.25, 0.3) is 5.91 Å². The Bertz CT molecular complexity index is 1470. The van der Waals surface area contributed by atoms with Crippen molar-refractivity contribution in [2.75, 3.05) is 35.0 Å². The van der Waals surface area contributed by atoms with Gasteiger partial charge in [0, 0.05) is 34.7 Å². The molecule has 1 aromatic carbocycles. The number of hydrogen-bond acceptors (Lipinski definition) is 9. The van der Waals surface area contributed by atoms with E-state index in [0.717, 1.165) is 0 Å². The molecule has 38 heavy (non-hydrogen) atoms. The number of amides is 1. The van der Waals surface area contributed by atoms with Gasteiger partial charge in [0.15, 0.2) is 11.5 Å². The van der Waals surface area contributed by atoms with Gasteiger partial charge in [-0.15, -0.1) is 0 Å². The second-order valence-corrected chi connectivity index (χ2v) is 10.1. The second-order valence-electron chi connectivity index (χ2n) is 10.1. The van der Waals surface area contributed by atoms with Crippen molar-refractivity contribution >= 4 is 34.8 Å². The minimum absolute atomic E-state index is 0.0249. The Morgan fingerprint density at radius 2 is 1.84 bits per heavy atom. The predicted molar refractivity (Wildman–Crippen MR) is 135 cm³/mol. The standard InChI is InChI=1S/C27H29N3O8/c1-26(2,25(34)38-6)29-21-15(12-31)27-10-14(27)11-30(19(27)9-17(21)32)24(33)16-7-13-8-18(35-3)22(36-4)23(37-5)20(13)28-16/h7-9,12,14,28-29H,10-11H2,1-6H3. The van der Waals surface area contributed by atoms with Crippen molar-refractivity contribution in [1.82, 2.24) is 15.2 Å². The van der Waals surface area contributed by atoms with Gasteiger partial charge in [-0.3, -0.25) is 14.4 Å². The molecule has 2 aliphatic carbocycles. The van der Waals surface area contributed by atoms with Gasteiger partial charge in [0.1, 0.15) is 17.5 Å². The number of piperidine rings is 1. The van der Waals surface area contributed by atoms with Crippen LogP contribution in [0.5, 0.6) is 17.2 Å². The number of carbonyl (C=O) groups is 4. The van der Waals surface area contributed by atoms with E-state index in [0.29, 0.717) is 53.1 Å². The lowest BCUT2D eigenvalue weighted by atomic mass is 9.83. The highest BCUT2D eigenvalue weighted by Crippen LogP contribution is 2.69. The van der Waals surface area contributed by atoms with Crippen LogP contribution in [0.25, 0.3) is 10.9 Å². The Kier molecular flexibility index (Phi) is 5.77. The average molecular weight is 524 g/mol. The lowest BCUT2D eigenvalue weighted by Gasteiger charge is -2.32. The zero-order chi connectivity index (χ0) is 27.6. The average Bonchev–Trinajstić information content (AvgIpc) is 3.28. The molecule has 2 fully saturated rings. The number of nitrogens with zero attached hydrogens (tertiary/aromatic N) is 1. The Balaban J connectivity index is 1.52. The van der Waals surface area contributed by atoms with E-state index in [9.17, 15) is 19.2 Å². The molecule has 1 saturated heterocycles. The van der Waals surface area contributed by atoms with Gasteiger partial charge in [-0.2, -0.15) is 0 Å². The molecule has 2 heterocycles. The maximum absolute atomic E-state index is 13.7. The number of methoxy groups -OCH3 is 4. The van der Waals surface area contributed by atoms with Crippen LogP contribution >= 0.6 is 0 Å². The number of rotatable bonds is 8. The number of ether oxygens (including phenoxy) is 4. The summed E-state index contributed by atoms with van der Waals surface area (Å²) in [4.78, 5) is 56.2. The molecule has 11 nitrogen and oxygen atoms in total. The number of likely N-dealkylation sites (tertiary alicyclic amines) is 1. The Morgan fingerprint density at radius 1 is 1.13 bits per heavy atom. The first-order chi connectivity index (χ1) is 18.1. The molecular formula is C27H29N3O8. The fourth-order valence-corrected chi connectivity index (χ4v) is 5.76. The second kappa shape index (κ2) is 8.64. The number of ketones is 1. The molecule has 1 aromatic heterocycles. The van der Waals surface area contributed by atoms with Crippen molar-refractivity contribution < 1.29 is 38.1 Å². The van der Waals surface area contributed by atoms with Gasteiger partial charge < -0.3 is 34.1 Å². The molecule has 0 bridgehead atoms. The zero-order valence-electron chi connectivity index (χ0n) is 22.0. The van der Waals surface area contributed by atoms with Crippen LogP contribution in [0.4, 0.5) is 0 Å². The van der Waals surface area contributed by atoms with Crippen LogP contribution in [0.3, 0.4) is 0 Å². The monoisotopic (exact) mass is 523 g/mol.